The van der Waals surface area contributed by atoms with Crippen molar-refractivity contribution < 1.29 is 4.39 Å². The Morgan fingerprint density at radius 2 is 2.11 bits per heavy atom. The van der Waals surface area contributed by atoms with Crippen LogP contribution in [0.1, 0.15) is 0 Å². The zero-order valence-corrected chi connectivity index (χ0v) is 11.9. The molecule has 0 bridgehead atoms. The molecule has 1 aromatic carbocycles. The molecule has 0 fully saturated rings. The van der Waals surface area contributed by atoms with Gasteiger partial charge in [0, 0.05) is 10.0 Å². The van der Waals surface area contributed by atoms with Crippen LogP contribution in [-0.4, -0.2) is 9.97 Å². The standard InChI is InChI=1S/C12H8BrFN4S/c13-9-5-6(14)1-2-7(9)10-16-11(18-15)8-3-4-19-12(8)17-10/h1-5H,15H2,(H,16,17,18). The topological polar surface area (TPSA) is 63.8 Å². The predicted octanol–water partition coefficient (Wildman–Crippen LogP) is 3.55. The molecule has 0 saturated heterocycles. The number of fused-ring (bicyclic) bond motifs is 1. The Balaban J connectivity index is 2.24. The number of hydrazine groups is 1. The van der Waals surface area contributed by atoms with E-state index >= 15 is 0 Å². The van der Waals surface area contributed by atoms with Gasteiger partial charge in [-0.3, -0.25) is 0 Å². The number of aromatic nitrogens is 2. The van der Waals surface area contributed by atoms with Gasteiger partial charge < -0.3 is 5.43 Å². The smallest absolute Gasteiger partial charge is 0.164 e. The normalized spacial score (nSPS) is 10.9. The Morgan fingerprint density at radius 3 is 2.84 bits per heavy atom. The second-order valence-electron chi connectivity index (χ2n) is 3.80. The van der Waals surface area contributed by atoms with Crippen molar-refractivity contribution in [2.75, 3.05) is 5.43 Å². The first-order valence-corrected chi connectivity index (χ1v) is 7.03. The molecule has 3 rings (SSSR count). The summed E-state index contributed by atoms with van der Waals surface area (Å²) in [7, 11) is 0. The summed E-state index contributed by atoms with van der Waals surface area (Å²) in [4.78, 5) is 9.65. The molecule has 2 aromatic heterocycles. The summed E-state index contributed by atoms with van der Waals surface area (Å²) in [6.07, 6.45) is 0. The average Bonchev–Trinajstić information content (AvgIpc) is 2.85. The van der Waals surface area contributed by atoms with Gasteiger partial charge in [0.05, 0.1) is 5.39 Å². The fourth-order valence-corrected chi connectivity index (χ4v) is 3.05. The van der Waals surface area contributed by atoms with Gasteiger partial charge in [0.25, 0.3) is 0 Å². The molecule has 2 heterocycles. The van der Waals surface area contributed by atoms with Crippen LogP contribution in [0, 0.1) is 5.82 Å². The number of nitrogens with two attached hydrogens (primary N) is 1. The molecular formula is C12H8BrFN4S. The Bertz CT molecular complexity index is 759. The molecule has 0 saturated carbocycles. The van der Waals surface area contributed by atoms with E-state index in [-0.39, 0.29) is 5.82 Å². The quantitative estimate of drug-likeness (QED) is 0.554. The van der Waals surface area contributed by atoms with Gasteiger partial charge in [0.2, 0.25) is 0 Å². The molecule has 7 heteroatoms. The first-order chi connectivity index (χ1) is 9.19. The number of nitrogen functional groups attached to an aromatic ring is 1. The highest BCUT2D eigenvalue weighted by atomic mass is 79.9. The molecule has 0 aliphatic carbocycles. The Morgan fingerprint density at radius 1 is 1.26 bits per heavy atom. The van der Waals surface area contributed by atoms with Gasteiger partial charge in [-0.2, -0.15) is 0 Å². The lowest BCUT2D eigenvalue weighted by atomic mass is 10.2. The molecule has 19 heavy (non-hydrogen) atoms. The fraction of sp³-hybridized carbons (Fsp3) is 0. The Hall–Kier alpha value is -1.57. The van der Waals surface area contributed by atoms with Crippen LogP contribution in [0.2, 0.25) is 0 Å². The van der Waals surface area contributed by atoms with E-state index < -0.39 is 0 Å². The van der Waals surface area contributed by atoms with Crippen LogP contribution in [0.3, 0.4) is 0 Å². The minimum Gasteiger partial charge on any atom is -0.308 e. The average molecular weight is 339 g/mol. The number of anilines is 1. The summed E-state index contributed by atoms with van der Waals surface area (Å²) in [5.74, 6) is 6.21. The van der Waals surface area contributed by atoms with Crippen LogP contribution in [0.5, 0.6) is 0 Å². The first kappa shape index (κ1) is 12.5. The van der Waals surface area contributed by atoms with Crippen LogP contribution in [0.15, 0.2) is 34.1 Å². The lowest BCUT2D eigenvalue weighted by molar-refractivity contribution is 0.627. The van der Waals surface area contributed by atoms with Crippen molar-refractivity contribution >= 4 is 43.3 Å². The van der Waals surface area contributed by atoms with Crippen LogP contribution in [0.4, 0.5) is 10.2 Å². The van der Waals surface area contributed by atoms with E-state index in [2.05, 4.69) is 31.3 Å². The zero-order chi connectivity index (χ0) is 13.4. The predicted molar refractivity (Wildman–Crippen MR) is 78.3 cm³/mol. The summed E-state index contributed by atoms with van der Waals surface area (Å²) < 4.78 is 13.7. The van der Waals surface area contributed by atoms with E-state index in [4.69, 9.17) is 5.84 Å². The van der Waals surface area contributed by atoms with E-state index in [0.29, 0.717) is 21.7 Å². The van der Waals surface area contributed by atoms with Gasteiger partial charge in [0.1, 0.15) is 10.6 Å². The minimum atomic E-state index is -0.315. The minimum absolute atomic E-state index is 0.315. The molecule has 4 nitrogen and oxygen atoms in total. The second kappa shape index (κ2) is 4.84. The third-order valence-electron chi connectivity index (χ3n) is 2.63. The number of nitrogens with one attached hydrogen (secondary N) is 1. The third-order valence-corrected chi connectivity index (χ3v) is 4.10. The number of nitrogens with zero attached hydrogens (tertiary/aromatic N) is 2. The van der Waals surface area contributed by atoms with Crippen molar-refractivity contribution in [2.45, 2.75) is 0 Å². The van der Waals surface area contributed by atoms with Gasteiger partial charge in [-0.15, -0.1) is 11.3 Å². The highest BCUT2D eigenvalue weighted by Gasteiger charge is 2.12. The van der Waals surface area contributed by atoms with Crippen molar-refractivity contribution in [3.63, 3.8) is 0 Å². The SMILES string of the molecule is NNc1nc(-c2ccc(F)cc2Br)nc2sccc12. The lowest BCUT2D eigenvalue weighted by Crippen LogP contribution is -2.09. The van der Waals surface area contributed by atoms with E-state index in [9.17, 15) is 4.39 Å². The van der Waals surface area contributed by atoms with Gasteiger partial charge in [-0.25, -0.2) is 20.2 Å². The van der Waals surface area contributed by atoms with Crippen molar-refractivity contribution in [1.29, 1.82) is 0 Å². The van der Waals surface area contributed by atoms with Crippen LogP contribution in [-0.2, 0) is 0 Å². The number of rotatable bonds is 2. The maximum absolute atomic E-state index is 13.1. The highest BCUT2D eigenvalue weighted by Crippen LogP contribution is 2.31. The summed E-state index contributed by atoms with van der Waals surface area (Å²) >= 11 is 4.82. The summed E-state index contributed by atoms with van der Waals surface area (Å²) in [6, 6.07) is 6.29. The van der Waals surface area contributed by atoms with Crippen molar-refractivity contribution in [3.05, 3.63) is 39.9 Å². The Labute approximate surface area is 120 Å². The largest absolute Gasteiger partial charge is 0.308 e. The second-order valence-corrected chi connectivity index (χ2v) is 5.55. The van der Waals surface area contributed by atoms with Gasteiger partial charge >= 0.3 is 0 Å². The van der Waals surface area contributed by atoms with Gasteiger partial charge in [0.15, 0.2) is 11.6 Å². The van der Waals surface area contributed by atoms with Crippen molar-refractivity contribution in [3.8, 4) is 11.4 Å². The maximum atomic E-state index is 13.1. The molecule has 0 radical (unpaired) electrons. The summed E-state index contributed by atoms with van der Waals surface area (Å²) in [5.41, 5.74) is 3.28. The molecule has 0 amide bonds. The molecule has 0 spiro atoms. The molecule has 0 atom stereocenters. The fourth-order valence-electron chi connectivity index (χ4n) is 1.76. The van der Waals surface area contributed by atoms with Crippen molar-refractivity contribution in [2.24, 2.45) is 5.84 Å². The highest BCUT2D eigenvalue weighted by molar-refractivity contribution is 9.10. The van der Waals surface area contributed by atoms with E-state index in [1.165, 1.54) is 23.5 Å². The Kier molecular flexibility index (Phi) is 3.17. The summed E-state index contributed by atoms with van der Waals surface area (Å²) in [6.45, 7) is 0. The van der Waals surface area contributed by atoms with Crippen LogP contribution >= 0.6 is 27.3 Å². The molecule has 3 N–H and O–H groups in total. The van der Waals surface area contributed by atoms with Crippen LogP contribution < -0.4 is 11.3 Å². The molecular weight excluding hydrogens is 331 g/mol. The summed E-state index contributed by atoms with van der Waals surface area (Å²) in [5, 5.41) is 2.79. The molecule has 0 unspecified atom stereocenters. The monoisotopic (exact) mass is 338 g/mol. The zero-order valence-electron chi connectivity index (χ0n) is 9.52. The lowest BCUT2D eigenvalue weighted by Gasteiger charge is -2.07. The molecule has 0 aliphatic rings. The maximum Gasteiger partial charge on any atom is 0.164 e. The van der Waals surface area contributed by atoms with Crippen molar-refractivity contribution in [1.82, 2.24) is 9.97 Å². The number of halogens is 2. The van der Waals surface area contributed by atoms with E-state index in [0.717, 1.165) is 10.2 Å². The van der Waals surface area contributed by atoms with E-state index in [1.54, 1.807) is 6.07 Å². The third kappa shape index (κ3) is 2.20. The number of benzene rings is 1. The first-order valence-electron chi connectivity index (χ1n) is 5.36. The molecule has 0 aliphatic heterocycles. The number of hydrogen-bond donors (Lipinski definition) is 2. The van der Waals surface area contributed by atoms with Crippen LogP contribution in [0.25, 0.3) is 21.6 Å². The van der Waals surface area contributed by atoms with Gasteiger partial charge in [-0.05, 0) is 45.6 Å². The van der Waals surface area contributed by atoms with Gasteiger partial charge in [-0.1, -0.05) is 0 Å². The van der Waals surface area contributed by atoms with E-state index in [1.807, 2.05) is 11.4 Å². The number of hydrogen-bond acceptors (Lipinski definition) is 5. The molecule has 96 valence electrons. The molecule has 3 aromatic rings. The number of thiophene rings is 1.